The Labute approximate surface area is 148 Å². The molecule has 0 saturated heterocycles. The van der Waals surface area contributed by atoms with Gasteiger partial charge in [-0.25, -0.2) is 4.98 Å². The van der Waals surface area contributed by atoms with Gasteiger partial charge in [0.05, 0.1) is 17.0 Å². The maximum Gasteiger partial charge on any atom is 0.269 e. The van der Waals surface area contributed by atoms with Crippen molar-refractivity contribution < 1.29 is 9.72 Å². The lowest BCUT2D eigenvalue weighted by Crippen LogP contribution is -2.14. The summed E-state index contributed by atoms with van der Waals surface area (Å²) in [6.45, 7) is 2.00. The number of nitro groups is 1. The van der Waals surface area contributed by atoms with E-state index in [2.05, 4.69) is 10.3 Å². The number of anilines is 1. The molecule has 1 heterocycles. The van der Waals surface area contributed by atoms with Gasteiger partial charge < -0.3 is 5.32 Å². The molecule has 0 fully saturated rings. The predicted molar refractivity (Wildman–Crippen MR) is 97.7 cm³/mol. The molecule has 25 heavy (non-hydrogen) atoms. The van der Waals surface area contributed by atoms with E-state index in [4.69, 9.17) is 0 Å². The number of hydrogen-bond donors (Lipinski definition) is 1. The molecule has 3 rings (SSSR count). The molecule has 0 radical (unpaired) electrons. The summed E-state index contributed by atoms with van der Waals surface area (Å²) in [4.78, 5) is 26.7. The number of nitro benzene ring substituents is 1. The molecule has 2 aromatic carbocycles. The largest absolute Gasteiger partial charge is 0.302 e. The van der Waals surface area contributed by atoms with Gasteiger partial charge in [0.2, 0.25) is 5.91 Å². The molecule has 6 nitrogen and oxygen atoms in total. The summed E-state index contributed by atoms with van der Waals surface area (Å²) in [6, 6.07) is 14.0. The number of carbonyl (C=O) groups excluding carboxylic acids is 1. The molecule has 0 aliphatic rings. The van der Waals surface area contributed by atoms with Crippen LogP contribution in [0, 0.1) is 17.0 Å². The van der Waals surface area contributed by atoms with Crippen LogP contribution in [0.2, 0.25) is 0 Å². The van der Waals surface area contributed by atoms with Crippen LogP contribution in [0.4, 0.5) is 10.8 Å². The number of carbonyl (C=O) groups is 1. The fourth-order valence-corrected chi connectivity index (χ4v) is 3.01. The van der Waals surface area contributed by atoms with Crippen molar-refractivity contribution in [1.82, 2.24) is 4.98 Å². The molecule has 1 aromatic heterocycles. The van der Waals surface area contributed by atoms with Gasteiger partial charge in [0.25, 0.3) is 5.69 Å². The first-order valence-corrected chi connectivity index (χ1v) is 8.45. The van der Waals surface area contributed by atoms with Crippen molar-refractivity contribution in [1.29, 1.82) is 0 Å². The van der Waals surface area contributed by atoms with Crippen molar-refractivity contribution >= 4 is 28.1 Å². The number of amides is 1. The van der Waals surface area contributed by atoms with Crippen LogP contribution in [-0.2, 0) is 11.2 Å². The van der Waals surface area contributed by atoms with Crippen LogP contribution in [-0.4, -0.2) is 15.8 Å². The monoisotopic (exact) mass is 353 g/mol. The Morgan fingerprint density at radius 2 is 1.84 bits per heavy atom. The first kappa shape index (κ1) is 16.8. The molecule has 0 saturated carbocycles. The zero-order valence-electron chi connectivity index (χ0n) is 13.4. The molecule has 0 atom stereocenters. The number of nitrogens with zero attached hydrogens (tertiary/aromatic N) is 2. The Morgan fingerprint density at radius 1 is 1.16 bits per heavy atom. The molecule has 7 heteroatoms. The second kappa shape index (κ2) is 7.23. The maximum atomic E-state index is 12.1. The second-order valence-corrected chi connectivity index (χ2v) is 6.41. The fraction of sp³-hybridized carbons (Fsp3) is 0.111. The Kier molecular flexibility index (Phi) is 4.85. The van der Waals surface area contributed by atoms with Crippen molar-refractivity contribution in [3.05, 3.63) is 75.2 Å². The summed E-state index contributed by atoms with van der Waals surface area (Å²) in [5.74, 6) is -0.131. The van der Waals surface area contributed by atoms with Crippen LogP contribution in [0.25, 0.3) is 11.3 Å². The smallest absolute Gasteiger partial charge is 0.269 e. The minimum atomic E-state index is -0.443. The highest BCUT2D eigenvalue weighted by Crippen LogP contribution is 2.26. The molecule has 3 aromatic rings. The Balaban J connectivity index is 1.65. The Hall–Kier alpha value is -3.06. The van der Waals surface area contributed by atoms with Crippen LogP contribution >= 0.6 is 11.3 Å². The summed E-state index contributed by atoms with van der Waals surface area (Å²) >= 11 is 1.32. The fourth-order valence-electron chi connectivity index (χ4n) is 2.27. The maximum absolute atomic E-state index is 12.1. The van der Waals surface area contributed by atoms with E-state index in [0.29, 0.717) is 10.8 Å². The molecule has 0 spiro atoms. The summed E-state index contributed by atoms with van der Waals surface area (Å²) in [6.07, 6.45) is 0.284. The first-order valence-electron chi connectivity index (χ1n) is 7.57. The molecule has 0 aliphatic heterocycles. The number of non-ortho nitro benzene ring substituents is 1. The van der Waals surface area contributed by atoms with Crippen LogP contribution < -0.4 is 5.32 Å². The molecular formula is C18H15N3O3S. The van der Waals surface area contributed by atoms with E-state index in [1.165, 1.54) is 23.5 Å². The van der Waals surface area contributed by atoms with Crippen molar-refractivity contribution in [2.24, 2.45) is 0 Å². The summed E-state index contributed by atoms with van der Waals surface area (Å²) in [5, 5.41) is 15.8. The number of nitrogens with one attached hydrogen (secondary N) is 1. The number of hydrogen-bond acceptors (Lipinski definition) is 5. The number of rotatable bonds is 5. The Morgan fingerprint density at radius 3 is 2.48 bits per heavy atom. The summed E-state index contributed by atoms with van der Waals surface area (Å²) in [5.41, 5.74) is 3.56. The third-order valence-electron chi connectivity index (χ3n) is 3.61. The summed E-state index contributed by atoms with van der Waals surface area (Å²) < 4.78 is 0. The van der Waals surface area contributed by atoms with Gasteiger partial charge in [-0.05, 0) is 24.6 Å². The highest BCUT2D eigenvalue weighted by molar-refractivity contribution is 7.14. The van der Waals surface area contributed by atoms with Crippen molar-refractivity contribution in [3.8, 4) is 11.3 Å². The number of aryl methyl sites for hydroxylation is 1. The molecule has 0 aliphatic carbocycles. The zero-order valence-corrected chi connectivity index (χ0v) is 14.2. The van der Waals surface area contributed by atoms with E-state index < -0.39 is 4.92 Å². The van der Waals surface area contributed by atoms with E-state index in [-0.39, 0.29) is 18.0 Å². The van der Waals surface area contributed by atoms with Gasteiger partial charge in [0.15, 0.2) is 5.13 Å². The average molecular weight is 353 g/mol. The average Bonchev–Trinajstić information content (AvgIpc) is 3.05. The molecule has 0 unspecified atom stereocenters. The highest BCUT2D eigenvalue weighted by Gasteiger charge is 2.10. The molecule has 126 valence electrons. The van der Waals surface area contributed by atoms with Gasteiger partial charge in [-0.1, -0.05) is 29.8 Å². The van der Waals surface area contributed by atoms with Gasteiger partial charge in [0, 0.05) is 23.1 Å². The van der Waals surface area contributed by atoms with Gasteiger partial charge in [-0.3, -0.25) is 14.9 Å². The molecule has 0 bridgehead atoms. The lowest BCUT2D eigenvalue weighted by atomic mass is 10.1. The van der Waals surface area contributed by atoms with Crippen molar-refractivity contribution in [2.75, 3.05) is 5.32 Å². The van der Waals surface area contributed by atoms with Gasteiger partial charge in [-0.15, -0.1) is 11.3 Å². The normalized spacial score (nSPS) is 10.4. The van der Waals surface area contributed by atoms with Gasteiger partial charge in [-0.2, -0.15) is 0 Å². The standard InChI is InChI=1S/C18H15N3O3S/c1-12-2-4-13(5-3-12)10-17(22)20-18-19-16(11-25-18)14-6-8-15(9-7-14)21(23)24/h2-9,11H,10H2,1H3,(H,19,20,22). The zero-order chi connectivity index (χ0) is 17.8. The van der Waals surface area contributed by atoms with Crippen LogP contribution in [0.5, 0.6) is 0 Å². The van der Waals surface area contributed by atoms with Gasteiger partial charge >= 0.3 is 0 Å². The van der Waals surface area contributed by atoms with Crippen LogP contribution in [0.15, 0.2) is 53.9 Å². The molecule has 1 N–H and O–H groups in total. The number of thiazole rings is 1. The quantitative estimate of drug-likeness (QED) is 0.550. The minimum Gasteiger partial charge on any atom is -0.302 e. The SMILES string of the molecule is Cc1ccc(CC(=O)Nc2nc(-c3ccc([N+](=O)[O-])cc3)cs2)cc1. The molecule has 1 amide bonds. The van der Waals surface area contributed by atoms with E-state index in [9.17, 15) is 14.9 Å². The van der Waals surface area contributed by atoms with E-state index in [1.807, 2.05) is 36.6 Å². The van der Waals surface area contributed by atoms with Crippen LogP contribution in [0.3, 0.4) is 0 Å². The van der Waals surface area contributed by atoms with Gasteiger partial charge in [0.1, 0.15) is 0 Å². The van der Waals surface area contributed by atoms with E-state index in [1.54, 1.807) is 12.1 Å². The van der Waals surface area contributed by atoms with E-state index in [0.717, 1.165) is 16.7 Å². The lowest BCUT2D eigenvalue weighted by molar-refractivity contribution is -0.384. The topological polar surface area (TPSA) is 85.1 Å². The highest BCUT2D eigenvalue weighted by atomic mass is 32.1. The number of aromatic nitrogens is 1. The third-order valence-corrected chi connectivity index (χ3v) is 4.37. The predicted octanol–water partition coefficient (Wildman–Crippen LogP) is 4.21. The van der Waals surface area contributed by atoms with Crippen molar-refractivity contribution in [2.45, 2.75) is 13.3 Å². The second-order valence-electron chi connectivity index (χ2n) is 5.55. The van der Waals surface area contributed by atoms with Crippen LogP contribution in [0.1, 0.15) is 11.1 Å². The number of benzene rings is 2. The Bertz CT molecular complexity index is 902. The lowest BCUT2D eigenvalue weighted by Gasteiger charge is -2.02. The molecular weight excluding hydrogens is 338 g/mol. The van der Waals surface area contributed by atoms with E-state index >= 15 is 0 Å². The minimum absolute atomic E-state index is 0.0330. The third kappa shape index (κ3) is 4.27. The summed E-state index contributed by atoms with van der Waals surface area (Å²) in [7, 11) is 0. The first-order chi connectivity index (χ1) is 12.0. The van der Waals surface area contributed by atoms with Crippen molar-refractivity contribution in [3.63, 3.8) is 0 Å².